The summed E-state index contributed by atoms with van der Waals surface area (Å²) in [4.78, 5) is 14.8. The molecule has 1 atom stereocenters. The van der Waals surface area contributed by atoms with E-state index in [2.05, 4.69) is 42.1 Å². The second-order valence-electron chi connectivity index (χ2n) is 6.31. The van der Waals surface area contributed by atoms with Crippen molar-refractivity contribution in [2.45, 2.75) is 6.04 Å². The zero-order chi connectivity index (χ0) is 19.1. The van der Waals surface area contributed by atoms with Crippen molar-refractivity contribution in [3.05, 3.63) is 63.0 Å². The molecule has 144 valence electrons. The Kier molecular flexibility index (Phi) is 7.70. The van der Waals surface area contributed by atoms with Gasteiger partial charge in [0.15, 0.2) is 6.61 Å². The van der Waals surface area contributed by atoms with Crippen LogP contribution in [0.15, 0.2) is 57.5 Å². The van der Waals surface area contributed by atoms with Gasteiger partial charge in [0.2, 0.25) is 0 Å². The maximum atomic E-state index is 12.5. The average Bonchev–Trinajstić information content (AvgIpc) is 2.68. The number of carbonyl (C=O) groups excluding carboxylic acids is 1. The first-order valence-electron chi connectivity index (χ1n) is 8.84. The number of hydrogen-bond donors (Lipinski definition) is 1. The van der Waals surface area contributed by atoms with Gasteiger partial charge >= 0.3 is 0 Å². The van der Waals surface area contributed by atoms with Crippen molar-refractivity contribution in [2.24, 2.45) is 0 Å². The second kappa shape index (κ2) is 10.2. The molecule has 0 radical (unpaired) electrons. The summed E-state index contributed by atoms with van der Waals surface area (Å²) in [5, 5.41) is 3.11. The summed E-state index contributed by atoms with van der Waals surface area (Å²) < 4.78 is 12.8. The van der Waals surface area contributed by atoms with Gasteiger partial charge < -0.3 is 14.8 Å². The van der Waals surface area contributed by atoms with Gasteiger partial charge in [-0.05, 0) is 39.7 Å². The van der Waals surface area contributed by atoms with Crippen molar-refractivity contribution < 1.29 is 14.3 Å². The molecule has 0 saturated carbocycles. The van der Waals surface area contributed by atoms with E-state index in [4.69, 9.17) is 9.47 Å². The van der Waals surface area contributed by atoms with Gasteiger partial charge in [-0.1, -0.05) is 46.3 Å². The molecule has 1 fully saturated rings. The molecule has 1 amide bonds. The first kappa shape index (κ1) is 20.3. The van der Waals surface area contributed by atoms with E-state index in [-0.39, 0.29) is 18.6 Å². The third kappa shape index (κ3) is 6.31. The molecule has 0 aliphatic carbocycles. The van der Waals surface area contributed by atoms with Gasteiger partial charge in [-0.25, -0.2) is 0 Å². The number of amides is 1. The topological polar surface area (TPSA) is 50.8 Å². The predicted molar refractivity (Wildman–Crippen MR) is 112 cm³/mol. The third-order valence-corrected chi connectivity index (χ3v) is 5.45. The standard InChI is InChI=1S/C20H22Br2N2O3/c21-16-6-7-19(17(22)12-16)27-14-20(25)23-18(15-4-2-1-3-5-15)13-24-8-10-26-11-9-24/h1-7,12,18H,8-11,13-14H2,(H,23,25)/t18-/m1/s1. The molecule has 1 aliphatic heterocycles. The second-order valence-corrected chi connectivity index (χ2v) is 8.08. The lowest BCUT2D eigenvalue weighted by Crippen LogP contribution is -2.44. The van der Waals surface area contributed by atoms with Crippen LogP contribution in [0.2, 0.25) is 0 Å². The summed E-state index contributed by atoms with van der Waals surface area (Å²) in [6.07, 6.45) is 0. The van der Waals surface area contributed by atoms with Gasteiger partial charge in [-0.2, -0.15) is 0 Å². The molecular weight excluding hydrogens is 476 g/mol. The van der Waals surface area contributed by atoms with Gasteiger partial charge in [0.25, 0.3) is 5.91 Å². The van der Waals surface area contributed by atoms with Crippen LogP contribution in [0.3, 0.4) is 0 Å². The van der Waals surface area contributed by atoms with Crippen molar-refractivity contribution >= 4 is 37.8 Å². The number of carbonyl (C=O) groups is 1. The molecule has 5 nitrogen and oxygen atoms in total. The van der Waals surface area contributed by atoms with Crippen molar-refractivity contribution in [2.75, 3.05) is 39.5 Å². The van der Waals surface area contributed by atoms with Crippen molar-refractivity contribution in [3.8, 4) is 5.75 Å². The molecule has 27 heavy (non-hydrogen) atoms. The lowest BCUT2D eigenvalue weighted by molar-refractivity contribution is -0.124. The first-order valence-corrected chi connectivity index (χ1v) is 10.4. The van der Waals surface area contributed by atoms with E-state index in [0.29, 0.717) is 5.75 Å². The molecule has 1 N–H and O–H groups in total. The SMILES string of the molecule is O=C(COc1ccc(Br)cc1Br)N[C@H](CN1CCOCC1)c1ccccc1. The zero-order valence-corrected chi connectivity index (χ0v) is 18.0. The normalized spacial score (nSPS) is 15.9. The number of benzene rings is 2. The third-order valence-electron chi connectivity index (χ3n) is 4.33. The highest BCUT2D eigenvalue weighted by molar-refractivity contribution is 9.11. The Hall–Kier alpha value is -1.41. The van der Waals surface area contributed by atoms with E-state index < -0.39 is 0 Å². The fourth-order valence-electron chi connectivity index (χ4n) is 2.93. The minimum absolute atomic E-state index is 0.0350. The predicted octanol–water partition coefficient (Wildman–Crippen LogP) is 3.78. The average molecular weight is 498 g/mol. The Morgan fingerprint density at radius 2 is 1.89 bits per heavy atom. The van der Waals surface area contributed by atoms with Crippen LogP contribution in [0.25, 0.3) is 0 Å². The van der Waals surface area contributed by atoms with Gasteiger partial charge in [0, 0.05) is 24.1 Å². The monoisotopic (exact) mass is 496 g/mol. The molecule has 7 heteroatoms. The van der Waals surface area contributed by atoms with Crippen LogP contribution in [0.4, 0.5) is 0 Å². The molecule has 1 saturated heterocycles. The summed E-state index contributed by atoms with van der Waals surface area (Å²) in [6, 6.07) is 15.5. The van der Waals surface area contributed by atoms with Gasteiger partial charge in [0.05, 0.1) is 23.7 Å². The highest BCUT2D eigenvalue weighted by Gasteiger charge is 2.20. The fraction of sp³-hybridized carbons (Fsp3) is 0.350. The van der Waals surface area contributed by atoms with E-state index in [1.54, 1.807) is 0 Å². The molecule has 0 spiro atoms. The highest BCUT2D eigenvalue weighted by atomic mass is 79.9. The minimum atomic E-state index is -0.146. The summed E-state index contributed by atoms with van der Waals surface area (Å²) in [6.45, 7) is 3.93. The van der Waals surface area contributed by atoms with Crippen LogP contribution in [0.5, 0.6) is 5.75 Å². The zero-order valence-electron chi connectivity index (χ0n) is 14.9. The highest BCUT2D eigenvalue weighted by Crippen LogP contribution is 2.28. The van der Waals surface area contributed by atoms with E-state index in [9.17, 15) is 4.79 Å². The molecule has 3 rings (SSSR count). The molecule has 0 unspecified atom stereocenters. The van der Waals surface area contributed by atoms with E-state index in [0.717, 1.165) is 47.4 Å². The van der Waals surface area contributed by atoms with Crippen LogP contribution in [0.1, 0.15) is 11.6 Å². The maximum Gasteiger partial charge on any atom is 0.258 e. The van der Waals surface area contributed by atoms with E-state index in [1.165, 1.54) is 0 Å². The molecule has 0 bridgehead atoms. The summed E-state index contributed by atoms with van der Waals surface area (Å²) >= 11 is 6.85. The number of nitrogens with one attached hydrogen (secondary N) is 1. The molecule has 1 heterocycles. The number of rotatable bonds is 7. The van der Waals surface area contributed by atoms with Crippen LogP contribution in [0, 0.1) is 0 Å². The minimum Gasteiger partial charge on any atom is -0.483 e. The molecular formula is C20H22Br2N2O3. The maximum absolute atomic E-state index is 12.5. The molecule has 2 aromatic rings. The first-order chi connectivity index (χ1) is 13.1. The van der Waals surface area contributed by atoms with E-state index in [1.807, 2.05) is 48.5 Å². The van der Waals surface area contributed by atoms with Crippen molar-refractivity contribution in [3.63, 3.8) is 0 Å². The Balaban J connectivity index is 1.61. The molecule has 1 aliphatic rings. The lowest BCUT2D eigenvalue weighted by atomic mass is 10.1. The van der Waals surface area contributed by atoms with Crippen molar-refractivity contribution in [1.29, 1.82) is 0 Å². The summed E-state index contributed by atoms with van der Waals surface area (Å²) in [5.41, 5.74) is 1.09. The van der Waals surface area contributed by atoms with Crippen molar-refractivity contribution in [1.82, 2.24) is 10.2 Å². The molecule has 2 aromatic carbocycles. The Labute approximate surface area is 176 Å². The van der Waals surface area contributed by atoms with Gasteiger partial charge in [0.1, 0.15) is 5.75 Å². The lowest BCUT2D eigenvalue weighted by Gasteiger charge is -2.31. The molecule has 0 aromatic heterocycles. The largest absolute Gasteiger partial charge is 0.483 e. The number of ether oxygens (including phenoxy) is 2. The van der Waals surface area contributed by atoms with Crippen LogP contribution in [-0.4, -0.2) is 50.3 Å². The smallest absolute Gasteiger partial charge is 0.258 e. The number of hydrogen-bond acceptors (Lipinski definition) is 4. The van der Waals surface area contributed by atoms with Crippen LogP contribution in [-0.2, 0) is 9.53 Å². The Morgan fingerprint density at radius 1 is 1.15 bits per heavy atom. The number of nitrogens with zero attached hydrogens (tertiary/aromatic N) is 1. The summed E-state index contributed by atoms with van der Waals surface area (Å²) in [5.74, 6) is 0.490. The van der Waals surface area contributed by atoms with Crippen LogP contribution < -0.4 is 10.1 Å². The van der Waals surface area contributed by atoms with Crippen LogP contribution >= 0.6 is 31.9 Å². The quantitative estimate of drug-likeness (QED) is 0.632. The summed E-state index contributed by atoms with van der Waals surface area (Å²) in [7, 11) is 0. The number of halogens is 2. The Morgan fingerprint density at radius 3 is 2.59 bits per heavy atom. The fourth-order valence-corrected chi connectivity index (χ4v) is 4.09. The van der Waals surface area contributed by atoms with Gasteiger partial charge in [-0.3, -0.25) is 9.69 Å². The number of morpholine rings is 1. The van der Waals surface area contributed by atoms with E-state index >= 15 is 0 Å². The van der Waals surface area contributed by atoms with Gasteiger partial charge in [-0.15, -0.1) is 0 Å². The Bertz CT molecular complexity index is 752.